The Hall–Kier alpha value is -1.19. The fourth-order valence-electron chi connectivity index (χ4n) is 1.57. The molecule has 0 saturated carbocycles. The third-order valence-corrected chi connectivity index (χ3v) is 2.77. The highest BCUT2D eigenvalue weighted by atomic mass is 35.5. The first-order chi connectivity index (χ1) is 8.56. The molecule has 1 rings (SSSR count). The number of hydrogen-bond acceptors (Lipinski definition) is 3. The van der Waals surface area contributed by atoms with Crippen molar-refractivity contribution in [2.75, 3.05) is 13.7 Å². The molecule has 1 aromatic rings. The van der Waals surface area contributed by atoms with Gasteiger partial charge in [0.1, 0.15) is 18.1 Å². The Bertz CT molecular complexity index is 407. The van der Waals surface area contributed by atoms with E-state index in [2.05, 4.69) is 13.5 Å². The van der Waals surface area contributed by atoms with Gasteiger partial charge in [0.2, 0.25) is 0 Å². The molecule has 1 aromatic carbocycles. The number of benzene rings is 1. The minimum absolute atomic E-state index is 0.110. The normalized spacial score (nSPS) is 12.0. The summed E-state index contributed by atoms with van der Waals surface area (Å²) in [6, 6.07) is 5.78. The number of nitrogens with two attached hydrogens (primary N) is 1. The fourth-order valence-corrected chi connectivity index (χ4v) is 1.62. The van der Waals surface area contributed by atoms with Crippen molar-refractivity contribution in [3.05, 3.63) is 35.4 Å². The first kappa shape index (κ1) is 14.9. The Morgan fingerprint density at radius 3 is 2.78 bits per heavy atom. The van der Waals surface area contributed by atoms with E-state index in [-0.39, 0.29) is 6.04 Å². The van der Waals surface area contributed by atoms with Crippen molar-refractivity contribution in [1.29, 1.82) is 0 Å². The van der Waals surface area contributed by atoms with Crippen LogP contribution in [-0.4, -0.2) is 19.8 Å². The van der Waals surface area contributed by atoms with E-state index in [9.17, 15) is 0 Å². The van der Waals surface area contributed by atoms with Crippen LogP contribution in [0.5, 0.6) is 11.5 Å². The molecule has 0 aliphatic carbocycles. The number of halogens is 1. The van der Waals surface area contributed by atoms with Crippen LogP contribution in [0, 0.1) is 0 Å². The van der Waals surface area contributed by atoms with Crippen LogP contribution in [0.4, 0.5) is 0 Å². The van der Waals surface area contributed by atoms with Gasteiger partial charge in [0.25, 0.3) is 0 Å². The third-order valence-electron chi connectivity index (χ3n) is 2.66. The van der Waals surface area contributed by atoms with Crippen LogP contribution in [0.2, 0.25) is 0 Å². The molecule has 0 amide bonds. The molecule has 0 heterocycles. The van der Waals surface area contributed by atoms with Gasteiger partial charge in [-0.3, -0.25) is 0 Å². The van der Waals surface area contributed by atoms with Crippen LogP contribution in [0.25, 0.3) is 0 Å². The van der Waals surface area contributed by atoms with E-state index >= 15 is 0 Å². The van der Waals surface area contributed by atoms with Crippen molar-refractivity contribution in [3.8, 4) is 11.5 Å². The molecule has 0 bridgehead atoms. The van der Waals surface area contributed by atoms with Crippen molar-refractivity contribution < 1.29 is 9.47 Å². The SMILES string of the molecule is C=C(Cl)COc1ccc(OC)cc1CC(N)CC. The minimum Gasteiger partial charge on any atom is -0.497 e. The van der Waals surface area contributed by atoms with E-state index in [1.54, 1.807) is 7.11 Å². The first-order valence-electron chi connectivity index (χ1n) is 5.95. The highest BCUT2D eigenvalue weighted by Crippen LogP contribution is 2.26. The van der Waals surface area contributed by atoms with Gasteiger partial charge in [0.15, 0.2) is 0 Å². The van der Waals surface area contributed by atoms with Gasteiger partial charge in [0, 0.05) is 11.1 Å². The molecular weight excluding hydrogens is 250 g/mol. The lowest BCUT2D eigenvalue weighted by molar-refractivity contribution is 0.352. The van der Waals surface area contributed by atoms with E-state index in [1.165, 1.54) is 0 Å². The summed E-state index contributed by atoms with van der Waals surface area (Å²) in [5.41, 5.74) is 7.01. The Kier molecular flexibility index (Phi) is 6.02. The van der Waals surface area contributed by atoms with Gasteiger partial charge in [-0.1, -0.05) is 25.1 Å². The van der Waals surface area contributed by atoms with Gasteiger partial charge in [-0.25, -0.2) is 0 Å². The second-order valence-electron chi connectivity index (χ2n) is 4.15. The zero-order valence-corrected chi connectivity index (χ0v) is 11.7. The standard InChI is InChI=1S/C14H20ClNO2/c1-4-12(16)7-11-8-13(17-3)5-6-14(11)18-9-10(2)15/h5-6,8,12H,2,4,7,9,16H2,1,3H3. The highest BCUT2D eigenvalue weighted by molar-refractivity contribution is 6.29. The second kappa shape index (κ2) is 7.29. The smallest absolute Gasteiger partial charge is 0.123 e. The van der Waals surface area contributed by atoms with Crippen molar-refractivity contribution in [1.82, 2.24) is 0 Å². The highest BCUT2D eigenvalue weighted by Gasteiger charge is 2.10. The van der Waals surface area contributed by atoms with Gasteiger partial charge < -0.3 is 15.2 Å². The topological polar surface area (TPSA) is 44.5 Å². The van der Waals surface area contributed by atoms with Crippen LogP contribution in [0.1, 0.15) is 18.9 Å². The van der Waals surface area contributed by atoms with Crippen molar-refractivity contribution in [2.45, 2.75) is 25.8 Å². The quantitative estimate of drug-likeness (QED) is 0.827. The molecule has 0 aliphatic rings. The molecule has 3 nitrogen and oxygen atoms in total. The van der Waals surface area contributed by atoms with Crippen LogP contribution >= 0.6 is 11.6 Å². The van der Waals surface area contributed by atoms with Crippen LogP contribution < -0.4 is 15.2 Å². The molecule has 18 heavy (non-hydrogen) atoms. The predicted molar refractivity (Wildman–Crippen MR) is 75.5 cm³/mol. The Morgan fingerprint density at radius 2 is 2.22 bits per heavy atom. The van der Waals surface area contributed by atoms with E-state index in [1.807, 2.05) is 18.2 Å². The molecule has 0 aliphatic heterocycles. The van der Waals surface area contributed by atoms with Gasteiger partial charge >= 0.3 is 0 Å². The van der Waals surface area contributed by atoms with Crippen LogP contribution in [0.3, 0.4) is 0 Å². The van der Waals surface area contributed by atoms with Crippen molar-refractivity contribution in [3.63, 3.8) is 0 Å². The number of ether oxygens (including phenoxy) is 2. The van der Waals surface area contributed by atoms with E-state index < -0.39 is 0 Å². The Balaban J connectivity index is 2.89. The molecule has 0 fully saturated rings. The number of hydrogen-bond donors (Lipinski definition) is 1. The van der Waals surface area contributed by atoms with Gasteiger partial charge in [-0.05, 0) is 36.6 Å². The molecule has 100 valence electrons. The summed E-state index contributed by atoms with van der Waals surface area (Å²) in [5, 5.41) is 0.469. The maximum atomic E-state index is 5.98. The maximum absolute atomic E-state index is 5.98. The summed E-state index contributed by atoms with van der Waals surface area (Å²) in [5.74, 6) is 1.58. The van der Waals surface area contributed by atoms with Crippen molar-refractivity contribution in [2.24, 2.45) is 5.73 Å². The first-order valence-corrected chi connectivity index (χ1v) is 6.33. The second-order valence-corrected chi connectivity index (χ2v) is 4.69. The zero-order chi connectivity index (χ0) is 13.5. The molecule has 4 heteroatoms. The lowest BCUT2D eigenvalue weighted by Gasteiger charge is -2.15. The van der Waals surface area contributed by atoms with Crippen molar-refractivity contribution >= 4 is 11.6 Å². The average molecular weight is 270 g/mol. The summed E-state index contributed by atoms with van der Waals surface area (Å²) in [7, 11) is 1.64. The molecule has 1 atom stereocenters. The summed E-state index contributed by atoms with van der Waals surface area (Å²) in [6.07, 6.45) is 1.66. The number of rotatable bonds is 7. The summed E-state index contributed by atoms with van der Waals surface area (Å²) in [4.78, 5) is 0. The molecule has 0 radical (unpaired) electrons. The van der Waals surface area contributed by atoms with E-state index in [4.69, 9.17) is 26.8 Å². The van der Waals surface area contributed by atoms with Gasteiger partial charge in [0.05, 0.1) is 7.11 Å². The van der Waals surface area contributed by atoms with Gasteiger partial charge in [-0.15, -0.1) is 0 Å². The molecule has 2 N–H and O–H groups in total. The lowest BCUT2D eigenvalue weighted by atomic mass is 10.0. The van der Waals surface area contributed by atoms with Crippen LogP contribution in [0.15, 0.2) is 29.8 Å². The monoisotopic (exact) mass is 269 g/mol. The summed E-state index contributed by atoms with van der Waals surface area (Å²) >= 11 is 5.70. The minimum atomic E-state index is 0.110. The van der Waals surface area contributed by atoms with E-state index in [0.717, 1.165) is 29.9 Å². The zero-order valence-electron chi connectivity index (χ0n) is 10.9. The van der Waals surface area contributed by atoms with Crippen LogP contribution in [-0.2, 0) is 6.42 Å². The van der Waals surface area contributed by atoms with E-state index in [0.29, 0.717) is 11.6 Å². The predicted octanol–water partition coefficient (Wildman–Crippen LogP) is 3.11. The molecule has 1 unspecified atom stereocenters. The average Bonchev–Trinajstić information content (AvgIpc) is 2.36. The molecular formula is C14H20ClNO2. The summed E-state index contributed by atoms with van der Waals surface area (Å²) in [6.45, 7) is 5.96. The summed E-state index contributed by atoms with van der Waals surface area (Å²) < 4.78 is 10.8. The Labute approximate surface area is 114 Å². The maximum Gasteiger partial charge on any atom is 0.123 e. The third kappa shape index (κ3) is 4.59. The largest absolute Gasteiger partial charge is 0.497 e. The van der Waals surface area contributed by atoms with Gasteiger partial charge in [-0.2, -0.15) is 0 Å². The molecule has 0 spiro atoms. The molecule has 0 aromatic heterocycles. The lowest BCUT2D eigenvalue weighted by Crippen LogP contribution is -2.21. The molecule has 0 saturated heterocycles. The Morgan fingerprint density at radius 1 is 1.50 bits per heavy atom. The fraction of sp³-hybridized carbons (Fsp3) is 0.429. The number of methoxy groups -OCH3 is 1.